The highest BCUT2D eigenvalue weighted by Gasteiger charge is 2.52. The van der Waals surface area contributed by atoms with Crippen molar-refractivity contribution in [1.82, 2.24) is 14.9 Å². The lowest BCUT2D eigenvalue weighted by molar-refractivity contribution is -0.139. The van der Waals surface area contributed by atoms with E-state index in [1.807, 2.05) is 4.90 Å². The minimum absolute atomic E-state index is 0.00814. The highest BCUT2D eigenvalue weighted by Crippen LogP contribution is 2.45. The summed E-state index contributed by atoms with van der Waals surface area (Å²) in [5, 5.41) is 1.10. The van der Waals surface area contributed by atoms with Crippen molar-refractivity contribution in [1.29, 1.82) is 0 Å². The van der Waals surface area contributed by atoms with E-state index < -0.39 is 5.41 Å². The summed E-state index contributed by atoms with van der Waals surface area (Å²) in [7, 11) is 0. The third-order valence-electron chi connectivity index (χ3n) is 5.01. The zero-order valence-corrected chi connectivity index (χ0v) is 14.5. The van der Waals surface area contributed by atoms with Crippen molar-refractivity contribution in [2.75, 3.05) is 31.1 Å². The Labute approximate surface area is 144 Å². The van der Waals surface area contributed by atoms with Crippen molar-refractivity contribution in [2.24, 2.45) is 5.41 Å². The van der Waals surface area contributed by atoms with Crippen LogP contribution in [0.25, 0.3) is 10.2 Å². The lowest BCUT2D eigenvalue weighted by Crippen LogP contribution is -2.51. The molecule has 7 heteroatoms. The van der Waals surface area contributed by atoms with Crippen LogP contribution >= 0.6 is 11.3 Å². The van der Waals surface area contributed by atoms with Crippen molar-refractivity contribution in [3.05, 3.63) is 17.3 Å². The van der Waals surface area contributed by atoms with Gasteiger partial charge in [-0.05, 0) is 25.3 Å². The van der Waals surface area contributed by atoms with E-state index in [-0.39, 0.29) is 5.91 Å². The van der Waals surface area contributed by atoms with Crippen molar-refractivity contribution >= 4 is 39.6 Å². The monoisotopic (exact) mass is 344 g/mol. The molecule has 0 aromatic carbocycles. The van der Waals surface area contributed by atoms with Crippen LogP contribution in [0.5, 0.6) is 0 Å². The zero-order valence-electron chi connectivity index (χ0n) is 13.7. The minimum Gasteiger partial charge on any atom is -0.352 e. The number of anilines is 1. The van der Waals surface area contributed by atoms with Gasteiger partial charge in [0.25, 0.3) is 0 Å². The summed E-state index contributed by atoms with van der Waals surface area (Å²) in [6, 6.07) is 2.18. The first-order valence-electron chi connectivity index (χ1n) is 8.41. The second kappa shape index (κ2) is 5.81. The Morgan fingerprint density at radius 1 is 1.29 bits per heavy atom. The summed E-state index contributed by atoms with van der Waals surface area (Å²) in [6.45, 7) is 4.91. The first-order valence-corrected chi connectivity index (χ1v) is 9.22. The molecule has 4 rings (SSSR count). The second-order valence-electron chi connectivity index (χ2n) is 6.54. The van der Waals surface area contributed by atoms with Crippen molar-refractivity contribution in [3.8, 4) is 0 Å². The molecule has 1 aliphatic heterocycles. The molecular weight excluding hydrogens is 324 g/mol. The predicted molar refractivity (Wildman–Crippen MR) is 93.3 cm³/mol. The van der Waals surface area contributed by atoms with Gasteiger partial charge in [-0.2, -0.15) is 0 Å². The second-order valence-corrected chi connectivity index (χ2v) is 7.65. The number of rotatable bonds is 4. The van der Waals surface area contributed by atoms with Gasteiger partial charge in [0.15, 0.2) is 0 Å². The summed E-state index contributed by atoms with van der Waals surface area (Å²) in [5.41, 5.74) is -0.701. The third kappa shape index (κ3) is 2.47. The van der Waals surface area contributed by atoms with E-state index >= 15 is 0 Å². The Balaban J connectivity index is 1.51. The summed E-state index contributed by atoms with van der Waals surface area (Å²) >= 11 is 1.71. The molecule has 0 N–H and O–H groups in total. The highest BCUT2D eigenvalue weighted by atomic mass is 32.1. The molecule has 126 valence electrons. The number of carbonyl (C=O) groups is 2. The number of hydrogen-bond acceptors (Lipinski definition) is 6. The standard InChI is InChI=1S/C17H20N4O2S/c1-2-12-9-13-14(18-11-19-15(13)24-12)20-5-7-21(8-6-20)16(23)17(10-22)3-4-17/h9-11H,2-8H2,1H3. The fourth-order valence-electron chi connectivity index (χ4n) is 3.27. The smallest absolute Gasteiger partial charge is 0.236 e. The lowest BCUT2D eigenvalue weighted by atomic mass is 10.1. The largest absolute Gasteiger partial charge is 0.352 e. The Kier molecular flexibility index (Phi) is 3.75. The fourth-order valence-corrected chi connectivity index (χ4v) is 4.20. The van der Waals surface area contributed by atoms with E-state index in [9.17, 15) is 9.59 Å². The van der Waals surface area contributed by atoms with Gasteiger partial charge in [0, 0.05) is 31.1 Å². The molecule has 2 aliphatic rings. The number of aromatic nitrogens is 2. The Morgan fingerprint density at radius 2 is 2.04 bits per heavy atom. The average Bonchev–Trinajstić information content (AvgIpc) is 3.32. The first-order chi connectivity index (χ1) is 11.7. The van der Waals surface area contributed by atoms with Gasteiger partial charge >= 0.3 is 0 Å². The van der Waals surface area contributed by atoms with Crippen molar-refractivity contribution in [2.45, 2.75) is 26.2 Å². The molecule has 0 spiro atoms. The van der Waals surface area contributed by atoms with Crippen LogP contribution in [0.1, 0.15) is 24.6 Å². The summed E-state index contributed by atoms with van der Waals surface area (Å²) in [6.07, 6.45) is 4.87. The molecule has 1 aliphatic carbocycles. The topological polar surface area (TPSA) is 66.4 Å². The number of hydrogen-bond donors (Lipinski definition) is 0. The van der Waals surface area contributed by atoms with Gasteiger partial charge in [0.2, 0.25) is 5.91 Å². The van der Waals surface area contributed by atoms with Crippen LogP contribution < -0.4 is 4.90 Å². The predicted octanol–water partition coefficient (Wildman–Crippen LogP) is 1.88. The Bertz CT molecular complexity index is 791. The van der Waals surface area contributed by atoms with Crippen LogP contribution in [-0.2, 0) is 16.0 Å². The van der Waals surface area contributed by atoms with E-state index in [0.717, 1.165) is 41.8 Å². The number of aldehydes is 1. The van der Waals surface area contributed by atoms with Gasteiger partial charge in [-0.25, -0.2) is 9.97 Å². The van der Waals surface area contributed by atoms with Crippen LogP contribution in [0, 0.1) is 5.41 Å². The first kappa shape index (κ1) is 15.5. The van der Waals surface area contributed by atoms with E-state index in [1.165, 1.54) is 4.88 Å². The molecule has 1 saturated heterocycles. The number of carbonyl (C=O) groups excluding carboxylic acids is 2. The molecule has 0 unspecified atom stereocenters. The number of nitrogens with zero attached hydrogens (tertiary/aromatic N) is 4. The number of amides is 1. The summed E-state index contributed by atoms with van der Waals surface area (Å²) in [5.74, 6) is 0.966. The van der Waals surface area contributed by atoms with E-state index in [4.69, 9.17) is 0 Å². The van der Waals surface area contributed by atoms with Gasteiger partial charge in [-0.3, -0.25) is 4.79 Å². The SMILES string of the molecule is CCc1cc2c(N3CCN(C(=O)C4(C=O)CC4)CC3)ncnc2s1. The zero-order chi connectivity index (χ0) is 16.7. The van der Waals surface area contributed by atoms with Gasteiger partial charge in [0.05, 0.1) is 5.39 Å². The van der Waals surface area contributed by atoms with Crippen LogP contribution in [-0.4, -0.2) is 53.2 Å². The molecule has 0 radical (unpaired) electrons. The van der Waals surface area contributed by atoms with E-state index in [2.05, 4.69) is 27.9 Å². The number of fused-ring (bicyclic) bond motifs is 1. The van der Waals surface area contributed by atoms with Gasteiger partial charge in [0.1, 0.15) is 28.7 Å². The Hall–Kier alpha value is -2.02. The number of aryl methyl sites for hydroxylation is 1. The Morgan fingerprint density at radius 3 is 2.67 bits per heavy atom. The van der Waals surface area contributed by atoms with Gasteiger partial charge in [-0.15, -0.1) is 11.3 Å². The molecule has 24 heavy (non-hydrogen) atoms. The quantitative estimate of drug-likeness (QED) is 0.626. The van der Waals surface area contributed by atoms with Gasteiger partial charge < -0.3 is 14.6 Å². The fraction of sp³-hybridized carbons (Fsp3) is 0.529. The highest BCUT2D eigenvalue weighted by molar-refractivity contribution is 7.18. The minimum atomic E-state index is -0.701. The van der Waals surface area contributed by atoms with E-state index in [0.29, 0.717) is 25.9 Å². The third-order valence-corrected chi connectivity index (χ3v) is 6.20. The van der Waals surface area contributed by atoms with Crippen molar-refractivity contribution in [3.63, 3.8) is 0 Å². The van der Waals surface area contributed by atoms with Crippen molar-refractivity contribution < 1.29 is 9.59 Å². The maximum atomic E-state index is 12.5. The van der Waals surface area contributed by atoms with E-state index in [1.54, 1.807) is 17.7 Å². The summed E-state index contributed by atoms with van der Waals surface area (Å²) < 4.78 is 0. The van der Waals surface area contributed by atoms with Gasteiger partial charge in [-0.1, -0.05) is 6.92 Å². The van der Waals surface area contributed by atoms with Crippen LogP contribution in [0.4, 0.5) is 5.82 Å². The molecule has 3 heterocycles. The molecule has 0 atom stereocenters. The number of thiophene rings is 1. The average molecular weight is 344 g/mol. The van der Waals surface area contributed by atoms with Crippen LogP contribution in [0.15, 0.2) is 12.4 Å². The lowest BCUT2D eigenvalue weighted by Gasteiger charge is -2.36. The summed E-state index contributed by atoms with van der Waals surface area (Å²) in [4.78, 5) is 38.9. The van der Waals surface area contributed by atoms with Crippen LogP contribution in [0.3, 0.4) is 0 Å². The van der Waals surface area contributed by atoms with Crippen LogP contribution in [0.2, 0.25) is 0 Å². The normalized spacial score (nSPS) is 19.5. The molecule has 1 saturated carbocycles. The molecule has 0 bridgehead atoms. The molecule has 6 nitrogen and oxygen atoms in total. The molecule has 1 amide bonds. The maximum Gasteiger partial charge on any atom is 0.236 e. The molecule has 2 fully saturated rings. The number of piperazine rings is 1. The molecular formula is C17H20N4O2S. The maximum absolute atomic E-state index is 12.5. The molecule has 2 aromatic rings. The molecule has 2 aromatic heterocycles.